The van der Waals surface area contributed by atoms with Crippen LogP contribution in [-0.4, -0.2) is 38.3 Å². The van der Waals surface area contributed by atoms with E-state index in [9.17, 15) is 15.0 Å². The predicted molar refractivity (Wildman–Crippen MR) is 52.9 cm³/mol. The molecular formula is C9H10ClNO4. The number of hydrogen-bond acceptors (Lipinski definition) is 4. The molecule has 82 valence electrons. The highest BCUT2D eigenvalue weighted by Crippen LogP contribution is 2.19. The SMILES string of the molecule is O=C(O)c1cccnc1C(O)C(O)CCl. The van der Waals surface area contributed by atoms with E-state index in [1.54, 1.807) is 0 Å². The Kier molecular flexibility index (Phi) is 4.02. The number of aliphatic hydroxyl groups excluding tert-OH is 2. The maximum Gasteiger partial charge on any atom is 0.337 e. The fraction of sp³-hybridized carbons (Fsp3) is 0.333. The van der Waals surface area contributed by atoms with Crippen molar-refractivity contribution in [1.82, 2.24) is 4.98 Å². The van der Waals surface area contributed by atoms with Crippen LogP contribution in [0.2, 0.25) is 0 Å². The fourth-order valence-electron chi connectivity index (χ4n) is 1.10. The average molecular weight is 232 g/mol. The van der Waals surface area contributed by atoms with Gasteiger partial charge in [-0.1, -0.05) is 0 Å². The molecule has 6 heteroatoms. The Morgan fingerprint density at radius 2 is 2.20 bits per heavy atom. The summed E-state index contributed by atoms with van der Waals surface area (Å²) in [5.41, 5.74) is -0.229. The quantitative estimate of drug-likeness (QED) is 0.653. The lowest BCUT2D eigenvalue weighted by atomic mass is 10.1. The summed E-state index contributed by atoms with van der Waals surface area (Å²) in [5, 5.41) is 27.6. The molecule has 0 amide bonds. The molecule has 3 N–H and O–H groups in total. The van der Waals surface area contributed by atoms with Crippen LogP contribution in [0.25, 0.3) is 0 Å². The standard InChI is InChI=1S/C9H10ClNO4/c10-4-6(12)8(13)7-5(9(14)15)2-1-3-11-7/h1-3,6,8,12-13H,4H2,(H,14,15). The highest BCUT2D eigenvalue weighted by Gasteiger charge is 2.23. The van der Waals surface area contributed by atoms with E-state index in [4.69, 9.17) is 16.7 Å². The van der Waals surface area contributed by atoms with Gasteiger partial charge in [0.25, 0.3) is 0 Å². The van der Waals surface area contributed by atoms with Crippen LogP contribution < -0.4 is 0 Å². The summed E-state index contributed by atoms with van der Waals surface area (Å²) >= 11 is 5.34. The van der Waals surface area contributed by atoms with Crippen LogP contribution in [0.4, 0.5) is 0 Å². The maximum atomic E-state index is 10.8. The fourth-order valence-corrected chi connectivity index (χ4v) is 1.27. The number of carboxylic acids is 1. The zero-order valence-corrected chi connectivity index (χ0v) is 8.42. The molecule has 2 atom stereocenters. The Hall–Kier alpha value is -1.17. The molecule has 5 nitrogen and oxygen atoms in total. The van der Waals surface area contributed by atoms with Crippen LogP contribution >= 0.6 is 11.6 Å². The lowest BCUT2D eigenvalue weighted by molar-refractivity contribution is 0.0285. The van der Waals surface area contributed by atoms with Gasteiger partial charge in [-0.25, -0.2) is 4.79 Å². The average Bonchev–Trinajstić information content (AvgIpc) is 2.27. The third kappa shape index (κ3) is 2.65. The molecule has 0 saturated carbocycles. The molecule has 0 aromatic carbocycles. The van der Waals surface area contributed by atoms with Crippen molar-refractivity contribution in [2.75, 3.05) is 5.88 Å². The monoisotopic (exact) mass is 231 g/mol. The van der Waals surface area contributed by atoms with Gasteiger partial charge in [0, 0.05) is 6.20 Å². The first-order chi connectivity index (χ1) is 7.07. The van der Waals surface area contributed by atoms with Crippen LogP contribution in [-0.2, 0) is 0 Å². The van der Waals surface area contributed by atoms with E-state index in [2.05, 4.69) is 4.98 Å². The Labute approximate surface area is 91.0 Å². The molecule has 15 heavy (non-hydrogen) atoms. The number of halogens is 1. The van der Waals surface area contributed by atoms with Gasteiger partial charge in [-0.05, 0) is 12.1 Å². The van der Waals surface area contributed by atoms with E-state index >= 15 is 0 Å². The predicted octanol–water partition coefficient (Wildman–Crippen LogP) is 0.413. The van der Waals surface area contributed by atoms with Gasteiger partial charge in [0.1, 0.15) is 6.10 Å². The number of pyridine rings is 1. The van der Waals surface area contributed by atoms with Gasteiger partial charge in [-0.15, -0.1) is 11.6 Å². The van der Waals surface area contributed by atoms with Crippen molar-refractivity contribution in [3.8, 4) is 0 Å². The van der Waals surface area contributed by atoms with Gasteiger partial charge in [0.2, 0.25) is 0 Å². The van der Waals surface area contributed by atoms with E-state index in [0.717, 1.165) is 0 Å². The molecule has 2 unspecified atom stereocenters. The topological polar surface area (TPSA) is 90.7 Å². The minimum Gasteiger partial charge on any atom is -0.478 e. The van der Waals surface area contributed by atoms with Crippen LogP contribution in [0.5, 0.6) is 0 Å². The maximum absolute atomic E-state index is 10.8. The van der Waals surface area contributed by atoms with Gasteiger partial charge in [-0.2, -0.15) is 0 Å². The molecule has 0 saturated heterocycles. The highest BCUT2D eigenvalue weighted by molar-refractivity contribution is 6.18. The molecular weight excluding hydrogens is 222 g/mol. The van der Waals surface area contributed by atoms with Crippen LogP contribution in [0.3, 0.4) is 0 Å². The van der Waals surface area contributed by atoms with Gasteiger partial charge < -0.3 is 15.3 Å². The number of carbonyl (C=O) groups is 1. The number of rotatable bonds is 4. The van der Waals surface area contributed by atoms with E-state index in [-0.39, 0.29) is 17.1 Å². The summed E-state index contributed by atoms with van der Waals surface area (Å²) in [5.74, 6) is -1.41. The molecule has 0 aliphatic rings. The third-order valence-corrected chi connectivity index (χ3v) is 2.19. The smallest absolute Gasteiger partial charge is 0.337 e. The molecule has 1 rings (SSSR count). The molecule has 0 bridgehead atoms. The van der Waals surface area contributed by atoms with Crippen molar-refractivity contribution in [2.45, 2.75) is 12.2 Å². The number of nitrogens with zero attached hydrogens (tertiary/aromatic N) is 1. The van der Waals surface area contributed by atoms with Crippen molar-refractivity contribution in [3.05, 3.63) is 29.6 Å². The molecule has 0 aliphatic heterocycles. The first kappa shape index (κ1) is 11.9. The largest absolute Gasteiger partial charge is 0.478 e. The number of aromatic carboxylic acids is 1. The normalized spacial score (nSPS) is 14.6. The number of aromatic nitrogens is 1. The minimum atomic E-state index is -1.39. The van der Waals surface area contributed by atoms with Gasteiger partial charge in [0.05, 0.1) is 23.2 Å². The molecule has 0 spiro atoms. The lowest BCUT2D eigenvalue weighted by Crippen LogP contribution is -2.23. The second-order valence-electron chi connectivity index (χ2n) is 2.91. The van der Waals surface area contributed by atoms with Crippen molar-refractivity contribution in [2.24, 2.45) is 0 Å². The molecule has 0 aliphatic carbocycles. The van der Waals surface area contributed by atoms with Crippen LogP contribution in [0, 0.1) is 0 Å². The highest BCUT2D eigenvalue weighted by atomic mass is 35.5. The van der Waals surface area contributed by atoms with Crippen LogP contribution in [0.15, 0.2) is 18.3 Å². The summed E-state index contributed by atoms with van der Waals surface area (Å²) in [4.78, 5) is 14.5. The summed E-state index contributed by atoms with van der Waals surface area (Å²) in [6.45, 7) is 0. The summed E-state index contributed by atoms with van der Waals surface area (Å²) in [6.07, 6.45) is -1.29. The summed E-state index contributed by atoms with van der Waals surface area (Å²) in [7, 11) is 0. The molecule has 1 aromatic rings. The Morgan fingerprint density at radius 1 is 1.53 bits per heavy atom. The zero-order chi connectivity index (χ0) is 11.4. The Morgan fingerprint density at radius 3 is 2.73 bits per heavy atom. The van der Waals surface area contributed by atoms with E-state index in [0.29, 0.717) is 0 Å². The van der Waals surface area contributed by atoms with Crippen molar-refractivity contribution in [3.63, 3.8) is 0 Å². The van der Waals surface area contributed by atoms with Crippen LogP contribution in [0.1, 0.15) is 22.2 Å². The van der Waals surface area contributed by atoms with Crippen molar-refractivity contribution >= 4 is 17.6 Å². The van der Waals surface area contributed by atoms with E-state index in [1.165, 1.54) is 18.3 Å². The first-order valence-electron chi connectivity index (χ1n) is 4.18. The number of carboxylic acid groups (broad SMARTS) is 1. The molecule has 1 heterocycles. The molecule has 1 aromatic heterocycles. The van der Waals surface area contributed by atoms with Crippen molar-refractivity contribution in [1.29, 1.82) is 0 Å². The molecule has 0 fully saturated rings. The van der Waals surface area contributed by atoms with E-state index < -0.39 is 18.2 Å². The Bertz CT molecular complexity index is 358. The molecule has 0 radical (unpaired) electrons. The van der Waals surface area contributed by atoms with Gasteiger partial charge >= 0.3 is 5.97 Å². The second kappa shape index (κ2) is 5.06. The number of alkyl halides is 1. The Balaban J connectivity index is 3.07. The first-order valence-corrected chi connectivity index (χ1v) is 4.71. The van der Waals surface area contributed by atoms with E-state index in [1.807, 2.05) is 0 Å². The van der Waals surface area contributed by atoms with Gasteiger partial charge in [-0.3, -0.25) is 4.98 Å². The summed E-state index contributed by atoms with van der Waals surface area (Å²) in [6, 6.07) is 2.74. The zero-order valence-electron chi connectivity index (χ0n) is 7.67. The van der Waals surface area contributed by atoms with Gasteiger partial charge in [0.15, 0.2) is 0 Å². The van der Waals surface area contributed by atoms with Crippen molar-refractivity contribution < 1.29 is 20.1 Å². The second-order valence-corrected chi connectivity index (χ2v) is 3.22. The lowest BCUT2D eigenvalue weighted by Gasteiger charge is -2.16. The third-order valence-electron chi connectivity index (χ3n) is 1.87. The number of hydrogen-bond donors (Lipinski definition) is 3. The summed E-state index contributed by atoms with van der Waals surface area (Å²) < 4.78 is 0. The number of aliphatic hydroxyl groups is 2. The minimum absolute atomic E-state index is 0.0850.